The van der Waals surface area contributed by atoms with Crippen molar-refractivity contribution in [3.8, 4) is 17.1 Å². The highest BCUT2D eigenvalue weighted by molar-refractivity contribution is 14.1. The molecule has 0 aliphatic heterocycles. The van der Waals surface area contributed by atoms with E-state index < -0.39 is 0 Å². The molecule has 0 aliphatic carbocycles. The van der Waals surface area contributed by atoms with Gasteiger partial charge in [0.05, 0.1) is 22.5 Å². The number of aromatic nitrogens is 2. The highest BCUT2D eigenvalue weighted by atomic mass is 127. The molecule has 1 aromatic heterocycles. The second-order valence-corrected chi connectivity index (χ2v) is 6.41. The normalized spacial score (nSPS) is 10.8. The number of halogens is 2. The van der Waals surface area contributed by atoms with Crippen LogP contribution in [0.1, 0.15) is 0 Å². The molecule has 0 bridgehead atoms. The Morgan fingerprint density at radius 3 is 2.81 bits per heavy atom. The topological polar surface area (TPSA) is 55.0 Å². The van der Waals surface area contributed by atoms with Gasteiger partial charge in [0.15, 0.2) is 0 Å². The third-order valence-corrected chi connectivity index (χ3v) is 4.62. The average molecular weight is 457 g/mol. The highest BCUT2D eigenvalue weighted by Gasteiger charge is 2.12. The van der Waals surface area contributed by atoms with E-state index in [9.17, 15) is 4.79 Å². The van der Waals surface area contributed by atoms with Crippen LogP contribution >= 0.6 is 38.5 Å². The first-order valence-corrected chi connectivity index (χ1v) is 8.00. The van der Waals surface area contributed by atoms with E-state index in [1.807, 2.05) is 30.3 Å². The van der Waals surface area contributed by atoms with Gasteiger partial charge in [-0.15, -0.1) is 0 Å². The Morgan fingerprint density at radius 2 is 2.05 bits per heavy atom. The zero-order valence-corrected chi connectivity index (χ0v) is 14.7. The molecule has 0 saturated heterocycles. The van der Waals surface area contributed by atoms with Crippen molar-refractivity contribution < 1.29 is 4.74 Å². The number of ether oxygens (including phenoxy) is 1. The molecule has 0 atom stereocenters. The van der Waals surface area contributed by atoms with Gasteiger partial charge in [-0.2, -0.15) is 0 Å². The van der Waals surface area contributed by atoms with Gasteiger partial charge < -0.3 is 9.72 Å². The first-order chi connectivity index (χ1) is 10.1. The molecule has 0 spiro atoms. The van der Waals surface area contributed by atoms with Crippen molar-refractivity contribution in [3.63, 3.8) is 0 Å². The number of aromatic amines is 1. The number of methoxy groups -OCH3 is 1. The van der Waals surface area contributed by atoms with Crippen LogP contribution in [0, 0.1) is 3.57 Å². The van der Waals surface area contributed by atoms with Crippen molar-refractivity contribution in [1.29, 1.82) is 0 Å². The Bertz CT molecular complexity index is 892. The summed E-state index contributed by atoms with van der Waals surface area (Å²) in [5, 5.41) is 0.587. The Kier molecular flexibility index (Phi) is 3.99. The lowest BCUT2D eigenvalue weighted by Gasteiger charge is -2.09. The van der Waals surface area contributed by atoms with Gasteiger partial charge in [0, 0.05) is 9.13 Å². The van der Waals surface area contributed by atoms with Crippen LogP contribution in [0.3, 0.4) is 0 Å². The van der Waals surface area contributed by atoms with Gasteiger partial charge in [0.2, 0.25) is 0 Å². The number of H-pyrrole nitrogens is 1. The molecule has 4 nitrogen and oxygen atoms in total. The van der Waals surface area contributed by atoms with E-state index in [1.165, 1.54) is 0 Å². The summed E-state index contributed by atoms with van der Waals surface area (Å²) in [7, 11) is 1.62. The van der Waals surface area contributed by atoms with Crippen LogP contribution in [0.2, 0.25) is 0 Å². The van der Waals surface area contributed by atoms with Crippen molar-refractivity contribution in [2.24, 2.45) is 0 Å². The molecule has 3 aromatic rings. The lowest BCUT2D eigenvalue weighted by molar-refractivity contribution is 0.412. The first-order valence-electron chi connectivity index (χ1n) is 6.12. The molecule has 1 N–H and O–H groups in total. The highest BCUT2D eigenvalue weighted by Crippen LogP contribution is 2.33. The molecule has 0 fully saturated rings. The second-order valence-electron chi connectivity index (χ2n) is 4.40. The van der Waals surface area contributed by atoms with E-state index in [1.54, 1.807) is 13.2 Å². The van der Waals surface area contributed by atoms with Crippen molar-refractivity contribution >= 4 is 49.4 Å². The molecule has 1 heterocycles. The van der Waals surface area contributed by atoms with Gasteiger partial charge in [-0.25, -0.2) is 4.98 Å². The van der Waals surface area contributed by atoms with Crippen molar-refractivity contribution in [1.82, 2.24) is 9.97 Å². The van der Waals surface area contributed by atoms with Crippen molar-refractivity contribution in [3.05, 3.63) is 54.8 Å². The third-order valence-electron chi connectivity index (χ3n) is 3.11. The lowest BCUT2D eigenvalue weighted by Crippen LogP contribution is -2.09. The summed E-state index contributed by atoms with van der Waals surface area (Å²) in [6, 6.07) is 11.1. The molecule has 2 aromatic carbocycles. The number of benzene rings is 2. The van der Waals surface area contributed by atoms with Gasteiger partial charge in [0.1, 0.15) is 11.6 Å². The molecular weight excluding hydrogens is 447 g/mol. The van der Waals surface area contributed by atoms with Gasteiger partial charge >= 0.3 is 0 Å². The number of hydrogen-bond donors (Lipinski definition) is 1. The molecule has 21 heavy (non-hydrogen) atoms. The summed E-state index contributed by atoms with van der Waals surface area (Å²) in [6.07, 6.45) is 0. The smallest absolute Gasteiger partial charge is 0.259 e. The largest absolute Gasteiger partial charge is 0.496 e. The zero-order chi connectivity index (χ0) is 15.0. The maximum absolute atomic E-state index is 12.2. The summed E-state index contributed by atoms with van der Waals surface area (Å²) in [4.78, 5) is 19.5. The molecule has 3 rings (SSSR count). The Balaban J connectivity index is 2.26. The summed E-state index contributed by atoms with van der Waals surface area (Å²) < 4.78 is 7.03. The SMILES string of the molecule is COc1cc(I)c(-c2nc3ccccc3c(=O)[nH]2)cc1Br. The summed E-state index contributed by atoms with van der Waals surface area (Å²) in [5.41, 5.74) is 1.39. The van der Waals surface area contributed by atoms with Crippen LogP contribution in [-0.2, 0) is 0 Å². The van der Waals surface area contributed by atoms with Crippen LogP contribution < -0.4 is 10.3 Å². The molecule has 0 aliphatic rings. The van der Waals surface area contributed by atoms with Crippen molar-refractivity contribution in [2.75, 3.05) is 7.11 Å². The summed E-state index contributed by atoms with van der Waals surface area (Å²) in [6.45, 7) is 0. The average Bonchev–Trinajstić information content (AvgIpc) is 2.49. The van der Waals surface area contributed by atoms with Gasteiger partial charge in [-0.3, -0.25) is 4.79 Å². The van der Waals surface area contributed by atoms with Crippen LogP contribution in [0.25, 0.3) is 22.3 Å². The predicted molar refractivity (Wildman–Crippen MR) is 94.8 cm³/mol. The number of hydrogen-bond acceptors (Lipinski definition) is 3. The fraction of sp³-hybridized carbons (Fsp3) is 0.0667. The van der Waals surface area contributed by atoms with Crippen LogP contribution in [0.4, 0.5) is 0 Å². The summed E-state index contributed by atoms with van der Waals surface area (Å²) in [5.74, 6) is 1.29. The number of rotatable bonds is 2. The number of nitrogens with zero attached hydrogens (tertiary/aromatic N) is 1. The quantitative estimate of drug-likeness (QED) is 0.593. The minimum Gasteiger partial charge on any atom is -0.496 e. The predicted octanol–water partition coefficient (Wildman–Crippen LogP) is 3.97. The van der Waals surface area contributed by atoms with E-state index >= 15 is 0 Å². The first kappa shape index (κ1) is 14.5. The Hall–Kier alpha value is -1.41. The van der Waals surface area contributed by atoms with E-state index in [4.69, 9.17) is 4.74 Å². The lowest BCUT2D eigenvalue weighted by atomic mass is 10.2. The minimum atomic E-state index is -0.140. The molecule has 6 heteroatoms. The van der Waals surface area contributed by atoms with E-state index in [-0.39, 0.29) is 5.56 Å². The fourth-order valence-corrected chi connectivity index (χ4v) is 3.28. The Morgan fingerprint density at radius 1 is 1.29 bits per heavy atom. The van der Waals surface area contributed by atoms with E-state index in [2.05, 4.69) is 48.5 Å². The number of para-hydroxylation sites is 1. The maximum atomic E-state index is 12.2. The number of fused-ring (bicyclic) bond motifs is 1. The third kappa shape index (κ3) is 2.69. The van der Waals surface area contributed by atoms with Crippen LogP contribution in [-0.4, -0.2) is 17.1 Å². The zero-order valence-electron chi connectivity index (χ0n) is 11.0. The van der Waals surface area contributed by atoms with Gasteiger partial charge in [0.25, 0.3) is 5.56 Å². The molecular formula is C15H10BrIN2O2. The minimum absolute atomic E-state index is 0.140. The monoisotopic (exact) mass is 456 g/mol. The molecule has 0 saturated carbocycles. The second kappa shape index (κ2) is 5.76. The molecule has 0 unspecified atom stereocenters. The molecule has 106 valence electrons. The molecule has 0 amide bonds. The van der Waals surface area contributed by atoms with E-state index in [0.717, 1.165) is 19.4 Å². The van der Waals surface area contributed by atoms with Crippen molar-refractivity contribution in [2.45, 2.75) is 0 Å². The van der Waals surface area contributed by atoms with E-state index in [0.29, 0.717) is 16.7 Å². The maximum Gasteiger partial charge on any atom is 0.259 e. The van der Waals surface area contributed by atoms with Gasteiger partial charge in [-0.05, 0) is 62.8 Å². The van der Waals surface area contributed by atoms with Gasteiger partial charge in [-0.1, -0.05) is 12.1 Å². The van der Waals surface area contributed by atoms with Crippen LogP contribution in [0.15, 0.2) is 45.7 Å². The fourth-order valence-electron chi connectivity index (χ4n) is 2.08. The number of nitrogens with one attached hydrogen (secondary N) is 1. The summed E-state index contributed by atoms with van der Waals surface area (Å²) >= 11 is 5.66. The standard InChI is InChI=1S/C15H10BrIN2O2/c1-21-13-7-11(17)9(6-10(13)16)14-18-12-5-3-2-4-8(12)15(20)19-14/h2-7H,1H3,(H,18,19,20). The molecule has 0 radical (unpaired) electrons. The Labute approximate surface area is 142 Å². The van der Waals surface area contributed by atoms with Crippen LogP contribution in [0.5, 0.6) is 5.75 Å².